The highest BCUT2D eigenvalue weighted by Gasteiger charge is 2.17. The monoisotopic (exact) mass is 261 g/mol. The second-order valence-corrected chi connectivity index (χ2v) is 4.13. The molecule has 0 spiro atoms. The van der Waals surface area contributed by atoms with E-state index in [1.807, 2.05) is 38.1 Å². The zero-order chi connectivity index (χ0) is 13.7. The van der Waals surface area contributed by atoms with E-state index in [0.29, 0.717) is 6.61 Å². The molecule has 0 amide bonds. The zero-order valence-corrected chi connectivity index (χ0v) is 11.5. The summed E-state index contributed by atoms with van der Waals surface area (Å²) in [4.78, 5) is 0. The maximum atomic E-state index is 5.62. The molecule has 2 aromatic rings. The molecule has 0 aliphatic heterocycles. The van der Waals surface area contributed by atoms with Crippen LogP contribution in [0.15, 0.2) is 24.3 Å². The zero-order valence-electron chi connectivity index (χ0n) is 11.5. The molecule has 1 atom stereocenters. The van der Waals surface area contributed by atoms with Crippen LogP contribution in [0.2, 0.25) is 0 Å². The third-order valence-corrected chi connectivity index (χ3v) is 2.78. The second-order valence-electron chi connectivity index (χ2n) is 4.13. The summed E-state index contributed by atoms with van der Waals surface area (Å²) >= 11 is 0. The van der Waals surface area contributed by atoms with Gasteiger partial charge in [0.1, 0.15) is 11.4 Å². The first-order valence-corrected chi connectivity index (χ1v) is 6.51. The normalized spacial score (nSPS) is 12.4. The maximum absolute atomic E-state index is 5.62. The van der Waals surface area contributed by atoms with Crippen LogP contribution in [0.5, 0.6) is 5.75 Å². The Morgan fingerprint density at radius 3 is 2.84 bits per heavy atom. The Bertz CT molecular complexity index is 525. The molecule has 1 N–H and O–H groups in total. The molecule has 0 bridgehead atoms. The van der Waals surface area contributed by atoms with Crippen LogP contribution in [-0.4, -0.2) is 33.4 Å². The maximum Gasteiger partial charge on any atom is 0.173 e. The number of rotatable bonds is 6. The van der Waals surface area contributed by atoms with E-state index >= 15 is 0 Å². The van der Waals surface area contributed by atoms with E-state index in [-0.39, 0.29) is 6.04 Å². The van der Waals surface area contributed by atoms with Gasteiger partial charge in [0, 0.05) is 0 Å². The number of hydrogen-bond acceptors (Lipinski definition) is 5. The minimum Gasteiger partial charge on any atom is -0.492 e. The summed E-state index contributed by atoms with van der Waals surface area (Å²) in [5.74, 6) is 1.55. The molecule has 0 saturated heterocycles. The van der Waals surface area contributed by atoms with E-state index in [1.54, 1.807) is 4.68 Å². The Kier molecular flexibility index (Phi) is 4.46. The number of nitrogens with zero attached hydrogens (tertiary/aromatic N) is 4. The van der Waals surface area contributed by atoms with Crippen LogP contribution in [-0.2, 0) is 0 Å². The van der Waals surface area contributed by atoms with E-state index in [9.17, 15) is 0 Å². The van der Waals surface area contributed by atoms with Crippen molar-refractivity contribution in [3.8, 4) is 11.4 Å². The SMILES string of the molecule is CCNC(C)c1nnnn1-c1ccccc1OCC. The molecule has 0 aliphatic rings. The molecule has 6 heteroatoms. The fourth-order valence-electron chi connectivity index (χ4n) is 1.94. The van der Waals surface area contributed by atoms with Crippen molar-refractivity contribution in [2.75, 3.05) is 13.2 Å². The van der Waals surface area contributed by atoms with Crippen LogP contribution < -0.4 is 10.1 Å². The van der Waals surface area contributed by atoms with E-state index in [4.69, 9.17) is 4.74 Å². The standard InChI is InChI=1S/C13H19N5O/c1-4-14-10(3)13-15-16-17-18(13)11-8-6-7-9-12(11)19-5-2/h6-10,14H,4-5H2,1-3H3. The van der Waals surface area contributed by atoms with Gasteiger partial charge < -0.3 is 10.1 Å². The number of aromatic nitrogens is 4. The van der Waals surface area contributed by atoms with Crippen molar-refractivity contribution in [3.05, 3.63) is 30.1 Å². The summed E-state index contributed by atoms with van der Waals surface area (Å²) in [6.07, 6.45) is 0. The van der Waals surface area contributed by atoms with Gasteiger partial charge in [-0.25, -0.2) is 0 Å². The van der Waals surface area contributed by atoms with Crippen molar-refractivity contribution in [1.29, 1.82) is 0 Å². The number of ether oxygens (including phenoxy) is 1. The van der Waals surface area contributed by atoms with Crippen molar-refractivity contribution in [2.45, 2.75) is 26.8 Å². The van der Waals surface area contributed by atoms with Gasteiger partial charge in [0.05, 0.1) is 12.6 Å². The second kappa shape index (κ2) is 6.29. The van der Waals surface area contributed by atoms with Gasteiger partial charge in [-0.2, -0.15) is 4.68 Å². The van der Waals surface area contributed by atoms with Gasteiger partial charge in [-0.3, -0.25) is 0 Å². The Balaban J connectivity index is 2.39. The third-order valence-electron chi connectivity index (χ3n) is 2.78. The molecule has 6 nitrogen and oxygen atoms in total. The van der Waals surface area contributed by atoms with Gasteiger partial charge in [-0.15, -0.1) is 5.10 Å². The van der Waals surface area contributed by atoms with Crippen LogP contribution in [0.4, 0.5) is 0 Å². The molecule has 1 aromatic heterocycles. The lowest BCUT2D eigenvalue weighted by Gasteiger charge is -2.14. The molecule has 0 fully saturated rings. The topological polar surface area (TPSA) is 64.9 Å². The predicted octanol–water partition coefficient (Wildman–Crippen LogP) is 1.73. The van der Waals surface area contributed by atoms with Crippen LogP contribution in [0.25, 0.3) is 5.69 Å². The van der Waals surface area contributed by atoms with E-state index in [1.165, 1.54) is 0 Å². The average Bonchev–Trinajstić information content (AvgIpc) is 2.89. The molecule has 2 rings (SSSR count). The summed E-state index contributed by atoms with van der Waals surface area (Å²) in [5.41, 5.74) is 0.856. The highest BCUT2D eigenvalue weighted by molar-refractivity contribution is 5.46. The number of hydrogen-bond donors (Lipinski definition) is 1. The van der Waals surface area contributed by atoms with Crippen LogP contribution in [0.3, 0.4) is 0 Å². The largest absolute Gasteiger partial charge is 0.492 e. The van der Waals surface area contributed by atoms with Gasteiger partial charge >= 0.3 is 0 Å². The highest BCUT2D eigenvalue weighted by Crippen LogP contribution is 2.24. The van der Waals surface area contributed by atoms with E-state index in [2.05, 4.69) is 27.8 Å². The predicted molar refractivity (Wildman–Crippen MR) is 72.4 cm³/mol. The van der Waals surface area contributed by atoms with Crippen molar-refractivity contribution in [2.24, 2.45) is 0 Å². The average molecular weight is 261 g/mol. The molecular weight excluding hydrogens is 242 g/mol. The summed E-state index contributed by atoms with van der Waals surface area (Å²) in [6, 6.07) is 7.83. The summed E-state index contributed by atoms with van der Waals surface area (Å²) in [5, 5.41) is 15.2. The summed E-state index contributed by atoms with van der Waals surface area (Å²) in [6.45, 7) is 7.52. The van der Waals surface area contributed by atoms with Gasteiger partial charge in [0.25, 0.3) is 0 Å². The van der Waals surface area contributed by atoms with Gasteiger partial charge in [-0.1, -0.05) is 19.1 Å². The fourth-order valence-corrected chi connectivity index (χ4v) is 1.94. The molecule has 0 aliphatic carbocycles. The fraction of sp³-hybridized carbons (Fsp3) is 0.462. The number of nitrogens with one attached hydrogen (secondary N) is 1. The quantitative estimate of drug-likeness (QED) is 0.858. The molecule has 0 saturated carbocycles. The van der Waals surface area contributed by atoms with Gasteiger partial charge in [-0.05, 0) is 43.0 Å². The molecule has 1 unspecified atom stereocenters. The van der Waals surface area contributed by atoms with Crippen LogP contribution >= 0.6 is 0 Å². The summed E-state index contributed by atoms with van der Waals surface area (Å²) in [7, 11) is 0. The van der Waals surface area contributed by atoms with E-state index in [0.717, 1.165) is 23.8 Å². The first-order chi connectivity index (χ1) is 9.27. The minimum absolute atomic E-state index is 0.0784. The number of tetrazole rings is 1. The lowest BCUT2D eigenvalue weighted by Crippen LogP contribution is -2.21. The van der Waals surface area contributed by atoms with Crippen LogP contribution in [0.1, 0.15) is 32.6 Å². The first kappa shape index (κ1) is 13.5. The molecule has 0 radical (unpaired) electrons. The Morgan fingerprint density at radius 1 is 1.32 bits per heavy atom. The molecule has 1 heterocycles. The summed E-state index contributed by atoms with van der Waals surface area (Å²) < 4.78 is 7.34. The third kappa shape index (κ3) is 2.90. The molecule has 19 heavy (non-hydrogen) atoms. The van der Waals surface area contributed by atoms with Gasteiger partial charge in [0.2, 0.25) is 0 Å². The minimum atomic E-state index is 0.0784. The van der Waals surface area contributed by atoms with Crippen molar-refractivity contribution in [3.63, 3.8) is 0 Å². The van der Waals surface area contributed by atoms with Crippen molar-refractivity contribution < 1.29 is 4.74 Å². The highest BCUT2D eigenvalue weighted by atomic mass is 16.5. The van der Waals surface area contributed by atoms with Crippen molar-refractivity contribution in [1.82, 2.24) is 25.5 Å². The first-order valence-electron chi connectivity index (χ1n) is 6.51. The Labute approximate surface area is 112 Å². The van der Waals surface area contributed by atoms with E-state index < -0.39 is 0 Å². The van der Waals surface area contributed by atoms with Crippen LogP contribution in [0, 0.1) is 0 Å². The molecule has 102 valence electrons. The Hall–Kier alpha value is -1.95. The number of para-hydroxylation sites is 2. The smallest absolute Gasteiger partial charge is 0.173 e. The number of benzene rings is 1. The van der Waals surface area contributed by atoms with Gasteiger partial charge in [0.15, 0.2) is 5.82 Å². The lowest BCUT2D eigenvalue weighted by molar-refractivity contribution is 0.337. The Morgan fingerprint density at radius 2 is 2.11 bits per heavy atom. The lowest BCUT2D eigenvalue weighted by atomic mass is 10.2. The molecule has 1 aromatic carbocycles. The van der Waals surface area contributed by atoms with Crippen molar-refractivity contribution >= 4 is 0 Å². The molecular formula is C13H19N5O.